The topological polar surface area (TPSA) is 34.1 Å². The molecule has 194 valence electrons. The summed E-state index contributed by atoms with van der Waals surface area (Å²) in [6, 6.07) is 7.19. The Bertz CT molecular complexity index is 897. The molecule has 2 rings (SSSR count). The molecule has 0 amide bonds. The highest BCUT2D eigenvalue weighted by atomic mass is 33.1. The number of carbonyl (C=O) groups is 2. The van der Waals surface area contributed by atoms with Crippen LogP contribution in [0.2, 0.25) is 0 Å². The molecule has 1 aromatic rings. The van der Waals surface area contributed by atoms with E-state index in [1.807, 2.05) is 12.1 Å². The fraction of sp³-hybridized carbons (Fsp3) is 0.613. The number of ketones is 2. The van der Waals surface area contributed by atoms with Crippen LogP contribution in [0.15, 0.2) is 46.4 Å². The van der Waals surface area contributed by atoms with Gasteiger partial charge in [0.2, 0.25) is 0 Å². The summed E-state index contributed by atoms with van der Waals surface area (Å²) < 4.78 is 0. The van der Waals surface area contributed by atoms with Gasteiger partial charge in [-0.2, -0.15) is 0 Å². The molecular weight excluding hydrogens is 468 g/mol. The third kappa shape index (κ3) is 9.96. The molecule has 4 heteroatoms. The Morgan fingerprint density at radius 2 is 1.37 bits per heavy atom. The van der Waals surface area contributed by atoms with Gasteiger partial charge in [0.15, 0.2) is 11.6 Å². The summed E-state index contributed by atoms with van der Waals surface area (Å²) in [6.07, 6.45) is 16.4. The number of hydrogen-bond acceptors (Lipinski definition) is 4. The first-order valence-corrected chi connectivity index (χ1v) is 16.1. The van der Waals surface area contributed by atoms with Gasteiger partial charge < -0.3 is 0 Å². The minimum atomic E-state index is -0.00858. The molecule has 0 aliphatic heterocycles. The van der Waals surface area contributed by atoms with Crippen molar-refractivity contribution in [1.82, 2.24) is 0 Å². The molecule has 2 nitrogen and oxygen atoms in total. The second kappa shape index (κ2) is 15.8. The minimum Gasteiger partial charge on any atom is -0.289 e. The Labute approximate surface area is 222 Å². The van der Waals surface area contributed by atoms with Gasteiger partial charge in [0, 0.05) is 22.3 Å². The van der Waals surface area contributed by atoms with Crippen LogP contribution in [-0.2, 0) is 0 Å². The highest BCUT2D eigenvalue weighted by Gasteiger charge is 2.28. The highest BCUT2D eigenvalue weighted by Crippen LogP contribution is 2.34. The normalized spacial score (nSPS) is 16.1. The van der Waals surface area contributed by atoms with E-state index in [1.54, 1.807) is 40.6 Å². The van der Waals surface area contributed by atoms with Crippen LogP contribution in [0.1, 0.15) is 120 Å². The van der Waals surface area contributed by atoms with E-state index in [0.29, 0.717) is 28.7 Å². The SMILES string of the molecule is CSS/C(=C/CC1=C(C)C(=O)c2ccccc2C1=O)CCCC(C)CCCC(C)CCCC(C)C. The summed E-state index contributed by atoms with van der Waals surface area (Å²) in [6.45, 7) is 11.2. The molecule has 2 unspecified atom stereocenters. The molecule has 0 radical (unpaired) electrons. The average Bonchev–Trinajstić information content (AvgIpc) is 2.82. The maximum atomic E-state index is 13.0. The van der Waals surface area contributed by atoms with Crippen molar-refractivity contribution >= 4 is 33.2 Å². The molecule has 0 spiro atoms. The molecule has 0 aromatic heterocycles. The molecule has 0 saturated heterocycles. The largest absolute Gasteiger partial charge is 0.289 e. The lowest BCUT2D eigenvalue weighted by Gasteiger charge is -2.18. The van der Waals surface area contributed by atoms with Gasteiger partial charge in [-0.25, -0.2) is 0 Å². The number of allylic oxidation sites excluding steroid dienone is 4. The lowest BCUT2D eigenvalue weighted by Crippen LogP contribution is -2.20. The summed E-state index contributed by atoms with van der Waals surface area (Å²) in [5, 5.41) is 0. The third-order valence-electron chi connectivity index (χ3n) is 7.20. The summed E-state index contributed by atoms with van der Waals surface area (Å²) >= 11 is 0. The molecule has 0 bridgehead atoms. The highest BCUT2D eigenvalue weighted by molar-refractivity contribution is 8.77. The van der Waals surface area contributed by atoms with E-state index in [-0.39, 0.29) is 11.6 Å². The van der Waals surface area contributed by atoms with E-state index in [4.69, 9.17) is 0 Å². The van der Waals surface area contributed by atoms with Crippen LogP contribution < -0.4 is 0 Å². The Morgan fingerprint density at radius 3 is 1.94 bits per heavy atom. The van der Waals surface area contributed by atoms with Crippen LogP contribution in [0.3, 0.4) is 0 Å². The maximum Gasteiger partial charge on any atom is 0.190 e. The van der Waals surface area contributed by atoms with Gasteiger partial charge in [-0.15, -0.1) is 0 Å². The second-order valence-corrected chi connectivity index (χ2v) is 13.3. The van der Waals surface area contributed by atoms with E-state index in [2.05, 4.69) is 40.0 Å². The van der Waals surface area contributed by atoms with Crippen LogP contribution in [0.4, 0.5) is 0 Å². The molecule has 35 heavy (non-hydrogen) atoms. The van der Waals surface area contributed by atoms with E-state index in [0.717, 1.165) is 24.2 Å². The van der Waals surface area contributed by atoms with Gasteiger partial charge in [0.25, 0.3) is 0 Å². The summed E-state index contributed by atoms with van der Waals surface area (Å²) in [5.74, 6) is 2.44. The summed E-state index contributed by atoms with van der Waals surface area (Å²) in [5.41, 5.74) is 2.35. The molecule has 1 aromatic carbocycles. The van der Waals surface area contributed by atoms with Crippen molar-refractivity contribution in [3.8, 4) is 0 Å². The van der Waals surface area contributed by atoms with Crippen molar-refractivity contribution in [3.63, 3.8) is 0 Å². The average molecular weight is 515 g/mol. The molecule has 1 aliphatic rings. The molecule has 2 atom stereocenters. The van der Waals surface area contributed by atoms with Crippen LogP contribution in [0.25, 0.3) is 0 Å². The summed E-state index contributed by atoms with van der Waals surface area (Å²) in [7, 11) is 3.55. The minimum absolute atomic E-state index is 0.00858. The van der Waals surface area contributed by atoms with Gasteiger partial charge >= 0.3 is 0 Å². The fourth-order valence-corrected chi connectivity index (χ4v) is 6.59. The number of fused-ring (bicyclic) bond motifs is 1. The van der Waals surface area contributed by atoms with Crippen LogP contribution >= 0.6 is 21.6 Å². The molecule has 0 saturated carbocycles. The molecule has 0 heterocycles. The molecule has 1 aliphatic carbocycles. The number of hydrogen-bond donors (Lipinski definition) is 0. The Hall–Kier alpha value is -1.26. The molecular formula is C31H46O2S2. The monoisotopic (exact) mass is 514 g/mol. The fourth-order valence-electron chi connectivity index (χ4n) is 4.90. The Kier molecular flexibility index (Phi) is 13.5. The van der Waals surface area contributed by atoms with Crippen molar-refractivity contribution in [3.05, 3.63) is 57.5 Å². The van der Waals surface area contributed by atoms with Crippen molar-refractivity contribution in [2.45, 2.75) is 98.8 Å². The smallest absolute Gasteiger partial charge is 0.190 e. The van der Waals surface area contributed by atoms with Crippen molar-refractivity contribution in [2.75, 3.05) is 6.26 Å². The quantitative estimate of drug-likeness (QED) is 0.205. The zero-order valence-electron chi connectivity index (χ0n) is 22.8. The van der Waals surface area contributed by atoms with Gasteiger partial charge in [0.05, 0.1) is 0 Å². The standard InChI is InChI=1S/C31H46O2S2/c1-22(2)12-9-13-23(3)14-10-15-24(4)16-11-17-26(35-34-6)20-21-27-25(5)30(32)28-18-7-8-19-29(28)31(27)33/h7-8,18-20,22-24H,9-17,21H2,1-6H3/b26-20+. The van der Waals surface area contributed by atoms with Gasteiger partial charge in [-0.05, 0) is 55.1 Å². The Morgan fingerprint density at radius 1 is 0.829 bits per heavy atom. The lowest BCUT2D eigenvalue weighted by molar-refractivity contribution is 0.0973. The number of carbonyl (C=O) groups excluding carboxylic acids is 2. The van der Waals surface area contributed by atoms with Gasteiger partial charge in [0.1, 0.15) is 0 Å². The summed E-state index contributed by atoms with van der Waals surface area (Å²) in [4.78, 5) is 27.1. The van der Waals surface area contributed by atoms with E-state index >= 15 is 0 Å². The van der Waals surface area contributed by atoms with E-state index < -0.39 is 0 Å². The van der Waals surface area contributed by atoms with Crippen molar-refractivity contribution in [2.24, 2.45) is 17.8 Å². The predicted octanol–water partition coefficient (Wildman–Crippen LogP) is 10.1. The first-order chi connectivity index (χ1) is 16.7. The van der Waals surface area contributed by atoms with E-state index in [9.17, 15) is 9.59 Å². The van der Waals surface area contributed by atoms with Crippen LogP contribution in [-0.4, -0.2) is 17.8 Å². The Balaban J connectivity index is 1.80. The maximum absolute atomic E-state index is 13.0. The predicted molar refractivity (Wildman–Crippen MR) is 156 cm³/mol. The zero-order chi connectivity index (χ0) is 25.8. The first-order valence-electron chi connectivity index (χ1n) is 13.5. The van der Waals surface area contributed by atoms with Crippen LogP contribution in [0, 0.1) is 17.8 Å². The van der Waals surface area contributed by atoms with Gasteiger partial charge in [-0.1, -0.05) is 125 Å². The second-order valence-electron chi connectivity index (χ2n) is 10.8. The molecule has 0 fully saturated rings. The van der Waals surface area contributed by atoms with E-state index in [1.165, 1.54) is 56.3 Å². The number of benzene rings is 1. The van der Waals surface area contributed by atoms with Crippen LogP contribution in [0.5, 0.6) is 0 Å². The number of rotatable bonds is 16. The van der Waals surface area contributed by atoms with Crippen molar-refractivity contribution < 1.29 is 9.59 Å². The van der Waals surface area contributed by atoms with Crippen molar-refractivity contribution in [1.29, 1.82) is 0 Å². The van der Waals surface area contributed by atoms with Gasteiger partial charge in [-0.3, -0.25) is 9.59 Å². The first kappa shape index (κ1) is 30.0. The lowest BCUT2D eigenvalue weighted by atomic mass is 9.83. The molecule has 0 N–H and O–H groups in total. The zero-order valence-corrected chi connectivity index (χ0v) is 24.5. The number of Topliss-reactive ketones (excluding diaryl/α,β-unsaturated/α-hetero) is 2. The third-order valence-corrected chi connectivity index (χ3v) is 9.09.